The van der Waals surface area contributed by atoms with E-state index < -0.39 is 0 Å². The summed E-state index contributed by atoms with van der Waals surface area (Å²) in [6.07, 6.45) is 7.49. The molecule has 1 aliphatic carbocycles. The summed E-state index contributed by atoms with van der Waals surface area (Å²) in [4.78, 5) is 7.90. The van der Waals surface area contributed by atoms with Crippen molar-refractivity contribution in [1.29, 1.82) is 0 Å². The SMILES string of the molecule is CC(N)c1cnc(N(C)CC2CCCC2)s1. The first-order valence-electron chi connectivity index (χ1n) is 6.09. The Morgan fingerprint density at radius 2 is 2.25 bits per heavy atom. The standard InChI is InChI=1S/C12H21N3S/c1-9(13)11-7-14-12(16-11)15(2)8-10-5-3-4-6-10/h7,9-10H,3-6,8,13H2,1-2H3. The molecule has 1 saturated carbocycles. The van der Waals surface area contributed by atoms with Crippen LogP contribution in [0, 0.1) is 5.92 Å². The maximum Gasteiger partial charge on any atom is 0.185 e. The minimum absolute atomic E-state index is 0.103. The van der Waals surface area contributed by atoms with Crippen LogP contribution in [-0.4, -0.2) is 18.6 Å². The summed E-state index contributed by atoms with van der Waals surface area (Å²) in [5, 5.41) is 1.11. The molecule has 0 spiro atoms. The van der Waals surface area contributed by atoms with E-state index in [0.717, 1.165) is 17.6 Å². The maximum atomic E-state index is 5.84. The molecule has 1 aromatic heterocycles. The number of hydrogen-bond donors (Lipinski definition) is 1. The highest BCUT2D eigenvalue weighted by Gasteiger charge is 2.18. The second kappa shape index (κ2) is 5.15. The minimum atomic E-state index is 0.103. The van der Waals surface area contributed by atoms with Crippen LogP contribution in [0.2, 0.25) is 0 Å². The molecule has 3 nitrogen and oxygen atoms in total. The van der Waals surface area contributed by atoms with Crippen LogP contribution in [0.5, 0.6) is 0 Å². The Hall–Kier alpha value is -0.610. The summed E-state index contributed by atoms with van der Waals surface area (Å²) in [5.41, 5.74) is 5.84. The fraction of sp³-hybridized carbons (Fsp3) is 0.750. The van der Waals surface area contributed by atoms with E-state index in [1.54, 1.807) is 11.3 Å². The molecule has 0 radical (unpaired) electrons. The summed E-state index contributed by atoms with van der Waals surface area (Å²) < 4.78 is 0. The van der Waals surface area contributed by atoms with Gasteiger partial charge in [0.05, 0.1) is 0 Å². The van der Waals surface area contributed by atoms with Crippen LogP contribution in [0.1, 0.15) is 43.5 Å². The van der Waals surface area contributed by atoms with E-state index in [2.05, 4.69) is 16.9 Å². The summed E-state index contributed by atoms with van der Waals surface area (Å²) in [7, 11) is 2.14. The molecule has 0 aliphatic heterocycles. The summed E-state index contributed by atoms with van der Waals surface area (Å²) in [6, 6.07) is 0.103. The predicted octanol–water partition coefficient (Wildman–Crippen LogP) is 2.79. The van der Waals surface area contributed by atoms with Gasteiger partial charge in [0.25, 0.3) is 0 Å². The molecular formula is C12H21N3S. The van der Waals surface area contributed by atoms with Crippen LogP contribution in [-0.2, 0) is 0 Å². The number of rotatable bonds is 4. The third-order valence-corrected chi connectivity index (χ3v) is 4.61. The molecule has 0 amide bonds. The van der Waals surface area contributed by atoms with Gasteiger partial charge in [0.15, 0.2) is 5.13 Å². The lowest BCUT2D eigenvalue weighted by Crippen LogP contribution is -2.23. The lowest BCUT2D eigenvalue weighted by atomic mass is 10.1. The Balaban J connectivity index is 1.94. The van der Waals surface area contributed by atoms with Gasteiger partial charge < -0.3 is 10.6 Å². The zero-order valence-electron chi connectivity index (χ0n) is 10.1. The molecule has 1 heterocycles. The van der Waals surface area contributed by atoms with E-state index in [1.807, 2.05) is 13.1 Å². The van der Waals surface area contributed by atoms with Gasteiger partial charge in [-0.3, -0.25) is 0 Å². The lowest BCUT2D eigenvalue weighted by Gasteiger charge is -2.19. The van der Waals surface area contributed by atoms with Gasteiger partial charge in [0.2, 0.25) is 0 Å². The van der Waals surface area contributed by atoms with Gasteiger partial charge in [0.1, 0.15) is 0 Å². The Morgan fingerprint density at radius 1 is 1.56 bits per heavy atom. The van der Waals surface area contributed by atoms with Gasteiger partial charge in [-0.25, -0.2) is 4.98 Å². The molecule has 2 rings (SSSR count). The van der Waals surface area contributed by atoms with Gasteiger partial charge in [0, 0.05) is 30.7 Å². The zero-order valence-corrected chi connectivity index (χ0v) is 11.0. The second-order valence-electron chi connectivity index (χ2n) is 4.86. The summed E-state index contributed by atoms with van der Waals surface area (Å²) in [6.45, 7) is 3.15. The zero-order chi connectivity index (χ0) is 11.5. The average molecular weight is 239 g/mol. The second-order valence-corrected chi connectivity index (χ2v) is 5.91. The Kier molecular flexibility index (Phi) is 3.82. The van der Waals surface area contributed by atoms with Crippen molar-refractivity contribution in [2.45, 2.75) is 38.6 Å². The molecule has 0 bridgehead atoms. The molecule has 4 heteroatoms. The molecule has 16 heavy (non-hydrogen) atoms. The summed E-state index contributed by atoms with van der Waals surface area (Å²) in [5.74, 6) is 0.868. The van der Waals surface area contributed by atoms with Crippen molar-refractivity contribution in [1.82, 2.24) is 4.98 Å². The van der Waals surface area contributed by atoms with Crippen LogP contribution in [0.4, 0.5) is 5.13 Å². The largest absolute Gasteiger partial charge is 0.351 e. The molecule has 2 N–H and O–H groups in total. The van der Waals surface area contributed by atoms with Gasteiger partial charge >= 0.3 is 0 Å². The Bertz CT molecular complexity index is 329. The Morgan fingerprint density at radius 3 is 2.81 bits per heavy atom. The van der Waals surface area contributed by atoms with E-state index in [-0.39, 0.29) is 6.04 Å². The van der Waals surface area contributed by atoms with E-state index >= 15 is 0 Å². The molecule has 1 unspecified atom stereocenters. The smallest absolute Gasteiger partial charge is 0.185 e. The number of aromatic nitrogens is 1. The monoisotopic (exact) mass is 239 g/mol. The van der Waals surface area contributed by atoms with Crippen LogP contribution in [0.3, 0.4) is 0 Å². The van der Waals surface area contributed by atoms with Gasteiger partial charge in [-0.15, -0.1) is 11.3 Å². The average Bonchev–Trinajstić information content (AvgIpc) is 2.86. The highest BCUT2D eigenvalue weighted by atomic mass is 32.1. The third-order valence-electron chi connectivity index (χ3n) is 3.29. The fourth-order valence-electron chi connectivity index (χ4n) is 2.32. The molecule has 1 atom stereocenters. The van der Waals surface area contributed by atoms with Crippen molar-refractivity contribution in [3.05, 3.63) is 11.1 Å². The highest BCUT2D eigenvalue weighted by Crippen LogP contribution is 2.29. The van der Waals surface area contributed by atoms with Crippen LogP contribution < -0.4 is 10.6 Å². The highest BCUT2D eigenvalue weighted by molar-refractivity contribution is 7.15. The molecule has 0 aromatic carbocycles. The van der Waals surface area contributed by atoms with E-state index in [1.165, 1.54) is 30.6 Å². The quantitative estimate of drug-likeness (QED) is 0.878. The van der Waals surface area contributed by atoms with Crippen molar-refractivity contribution in [2.75, 3.05) is 18.5 Å². The number of nitrogens with two attached hydrogens (primary N) is 1. The molecular weight excluding hydrogens is 218 g/mol. The van der Waals surface area contributed by atoms with Crippen molar-refractivity contribution >= 4 is 16.5 Å². The predicted molar refractivity (Wildman–Crippen MR) is 69.9 cm³/mol. The molecule has 0 saturated heterocycles. The van der Waals surface area contributed by atoms with Crippen LogP contribution in [0.25, 0.3) is 0 Å². The van der Waals surface area contributed by atoms with E-state index in [9.17, 15) is 0 Å². The van der Waals surface area contributed by atoms with Crippen molar-refractivity contribution in [3.63, 3.8) is 0 Å². The molecule has 1 aromatic rings. The topological polar surface area (TPSA) is 42.1 Å². The molecule has 90 valence electrons. The fourth-order valence-corrected chi connectivity index (χ4v) is 3.16. The van der Waals surface area contributed by atoms with Crippen molar-refractivity contribution in [2.24, 2.45) is 11.7 Å². The first kappa shape index (κ1) is 11.9. The number of nitrogens with zero attached hydrogens (tertiary/aromatic N) is 2. The summed E-state index contributed by atoms with van der Waals surface area (Å²) >= 11 is 1.72. The minimum Gasteiger partial charge on any atom is -0.351 e. The van der Waals surface area contributed by atoms with E-state index in [4.69, 9.17) is 5.73 Å². The van der Waals surface area contributed by atoms with Gasteiger partial charge in [-0.05, 0) is 25.7 Å². The van der Waals surface area contributed by atoms with Crippen molar-refractivity contribution < 1.29 is 0 Å². The first-order valence-corrected chi connectivity index (χ1v) is 6.91. The first-order chi connectivity index (χ1) is 7.66. The van der Waals surface area contributed by atoms with Crippen molar-refractivity contribution in [3.8, 4) is 0 Å². The number of anilines is 1. The van der Waals surface area contributed by atoms with Crippen LogP contribution >= 0.6 is 11.3 Å². The Labute approximate surface area is 102 Å². The van der Waals surface area contributed by atoms with E-state index in [0.29, 0.717) is 0 Å². The lowest BCUT2D eigenvalue weighted by molar-refractivity contribution is 0.546. The van der Waals surface area contributed by atoms with Gasteiger partial charge in [-0.2, -0.15) is 0 Å². The molecule has 1 aliphatic rings. The number of hydrogen-bond acceptors (Lipinski definition) is 4. The maximum absolute atomic E-state index is 5.84. The third kappa shape index (κ3) is 2.74. The van der Waals surface area contributed by atoms with Gasteiger partial charge in [-0.1, -0.05) is 12.8 Å². The van der Waals surface area contributed by atoms with Crippen LogP contribution in [0.15, 0.2) is 6.20 Å². The number of thiazole rings is 1. The normalized spacial score (nSPS) is 18.9. The molecule has 1 fully saturated rings.